The normalized spacial score (nSPS) is 27.8. The van der Waals surface area contributed by atoms with Crippen LogP contribution in [0.1, 0.15) is 34.9 Å². The molecule has 1 aliphatic carbocycles. The van der Waals surface area contributed by atoms with Gasteiger partial charge >= 0.3 is 6.18 Å². The predicted octanol–water partition coefficient (Wildman–Crippen LogP) is 3.08. The molecule has 2 aliphatic rings. The third-order valence-corrected chi connectivity index (χ3v) is 5.80. The third-order valence-electron chi connectivity index (χ3n) is 4.66. The van der Waals surface area contributed by atoms with Crippen molar-refractivity contribution in [2.75, 3.05) is 13.1 Å². The molecule has 3 rings (SSSR count). The van der Waals surface area contributed by atoms with Gasteiger partial charge in [0, 0.05) is 47.5 Å². The zero-order valence-electron chi connectivity index (χ0n) is 12.2. The SMILES string of the molecule is Cc1ccc(C2CC2C(=O)N2CCC(O)(C(F)(F)F)CC2)s1. The van der Waals surface area contributed by atoms with Crippen molar-refractivity contribution in [3.05, 3.63) is 21.9 Å². The van der Waals surface area contributed by atoms with Gasteiger partial charge in [0.1, 0.15) is 0 Å². The second-order valence-electron chi connectivity index (χ2n) is 6.25. The molecule has 22 heavy (non-hydrogen) atoms. The van der Waals surface area contributed by atoms with Crippen molar-refractivity contribution in [1.82, 2.24) is 4.90 Å². The summed E-state index contributed by atoms with van der Waals surface area (Å²) < 4.78 is 38.3. The Morgan fingerprint density at radius 1 is 1.36 bits per heavy atom. The monoisotopic (exact) mass is 333 g/mol. The maximum atomic E-state index is 12.8. The molecule has 2 heterocycles. The highest BCUT2D eigenvalue weighted by Crippen LogP contribution is 2.51. The Morgan fingerprint density at radius 3 is 2.50 bits per heavy atom. The zero-order chi connectivity index (χ0) is 16.1. The molecule has 7 heteroatoms. The lowest BCUT2D eigenvalue weighted by atomic mass is 9.90. The van der Waals surface area contributed by atoms with E-state index in [2.05, 4.69) is 0 Å². The maximum Gasteiger partial charge on any atom is 0.417 e. The van der Waals surface area contributed by atoms with Crippen LogP contribution in [0.5, 0.6) is 0 Å². The number of nitrogens with zero attached hydrogens (tertiary/aromatic N) is 1. The molecule has 0 radical (unpaired) electrons. The van der Waals surface area contributed by atoms with Crippen molar-refractivity contribution in [3.63, 3.8) is 0 Å². The van der Waals surface area contributed by atoms with Crippen LogP contribution < -0.4 is 0 Å². The molecule has 1 saturated heterocycles. The maximum absolute atomic E-state index is 12.8. The average molecular weight is 333 g/mol. The molecule has 2 atom stereocenters. The van der Waals surface area contributed by atoms with E-state index in [0.717, 1.165) is 6.42 Å². The van der Waals surface area contributed by atoms with Gasteiger partial charge in [-0.25, -0.2) is 0 Å². The van der Waals surface area contributed by atoms with Gasteiger partial charge in [0.15, 0.2) is 5.60 Å². The molecule has 0 bridgehead atoms. The number of piperidine rings is 1. The number of amides is 1. The second-order valence-corrected chi connectivity index (χ2v) is 7.57. The number of hydrogen-bond donors (Lipinski definition) is 1. The first-order valence-electron chi connectivity index (χ1n) is 7.35. The van der Waals surface area contributed by atoms with E-state index < -0.39 is 24.6 Å². The van der Waals surface area contributed by atoms with Gasteiger partial charge in [0.2, 0.25) is 5.91 Å². The highest BCUT2D eigenvalue weighted by atomic mass is 32.1. The van der Waals surface area contributed by atoms with E-state index in [-0.39, 0.29) is 30.8 Å². The van der Waals surface area contributed by atoms with Crippen molar-refractivity contribution in [2.45, 2.75) is 43.9 Å². The summed E-state index contributed by atoms with van der Waals surface area (Å²) in [4.78, 5) is 16.2. The van der Waals surface area contributed by atoms with Gasteiger partial charge in [-0.2, -0.15) is 13.2 Å². The number of aryl methyl sites for hydroxylation is 1. The number of hydrogen-bond acceptors (Lipinski definition) is 3. The van der Waals surface area contributed by atoms with E-state index in [4.69, 9.17) is 0 Å². The van der Waals surface area contributed by atoms with Gasteiger partial charge in [-0.1, -0.05) is 0 Å². The average Bonchev–Trinajstić information content (AvgIpc) is 3.13. The van der Waals surface area contributed by atoms with Crippen LogP contribution >= 0.6 is 11.3 Å². The van der Waals surface area contributed by atoms with Crippen molar-refractivity contribution >= 4 is 17.2 Å². The van der Waals surface area contributed by atoms with Crippen LogP contribution in [0.15, 0.2) is 12.1 Å². The molecule has 1 N–H and O–H groups in total. The van der Waals surface area contributed by atoms with Crippen molar-refractivity contribution in [2.24, 2.45) is 5.92 Å². The summed E-state index contributed by atoms with van der Waals surface area (Å²) in [5.74, 6) is 0.0463. The number of rotatable bonds is 2. The Morgan fingerprint density at radius 2 is 2.00 bits per heavy atom. The van der Waals surface area contributed by atoms with Gasteiger partial charge in [-0.3, -0.25) is 4.79 Å². The van der Waals surface area contributed by atoms with Crippen LogP contribution in [0.25, 0.3) is 0 Å². The molecule has 1 aliphatic heterocycles. The van der Waals surface area contributed by atoms with Crippen LogP contribution in [0.3, 0.4) is 0 Å². The fourth-order valence-electron chi connectivity index (χ4n) is 3.05. The molecule has 122 valence electrons. The van der Waals surface area contributed by atoms with E-state index >= 15 is 0 Å². The molecule has 3 nitrogen and oxygen atoms in total. The fraction of sp³-hybridized carbons (Fsp3) is 0.667. The number of carbonyl (C=O) groups excluding carboxylic acids is 1. The van der Waals surface area contributed by atoms with Crippen molar-refractivity contribution in [1.29, 1.82) is 0 Å². The number of aliphatic hydroxyl groups is 1. The Kier molecular flexibility index (Phi) is 3.76. The fourth-order valence-corrected chi connectivity index (χ4v) is 4.11. The molecule has 0 aromatic carbocycles. The summed E-state index contributed by atoms with van der Waals surface area (Å²) in [6.07, 6.45) is -4.72. The quantitative estimate of drug-likeness (QED) is 0.904. The first-order chi connectivity index (χ1) is 10.2. The smallest absolute Gasteiger partial charge is 0.380 e. The highest BCUT2D eigenvalue weighted by Gasteiger charge is 2.56. The summed E-state index contributed by atoms with van der Waals surface area (Å²) in [6, 6.07) is 4.04. The van der Waals surface area contributed by atoms with Crippen molar-refractivity contribution < 1.29 is 23.1 Å². The number of thiophene rings is 1. The summed E-state index contributed by atoms with van der Waals surface area (Å²) in [5, 5.41) is 9.63. The lowest BCUT2D eigenvalue weighted by Crippen LogP contribution is -2.54. The van der Waals surface area contributed by atoms with E-state index in [1.807, 2.05) is 19.1 Å². The standard InChI is InChI=1S/C15H18F3NO2S/c1-9-2-3-12(22-9)10-8-11(10)13(20)19-6-4-14(21,5-7-19)15(16,17)18/h2-3,10-11,21H,4-8H2,1H3. The lowest BCUT2D eigenvalue weighted by molar-refractivity contribution is -0.272. The van der Waals surface area contributed by atoms with E-state index in [0.29, 0.717) is 0 Å². The van der Waals surface area contributed by atoms with Gasteiger partial charge < -0.3 is 10.0 Å². The van der Waals surface area contributed by atoms with Crippen LogP contribution in [0, 0.1) is 12.8 Å². The summed E-state index contributed by atoms with van der Waals surface area (Å²) in [7, 11) is 0. The topological polar surface area (TPSA) is 40.5 Å². The first-order valence-corrected chi connectivity index (χ1v) is 8.17. The lowest BCUT2D eigenvalue weighted by Gasteiger charge is -2.39. The van der Waals surface area contributed by atoms with Gasteiger partial charge in [-0.05, 0) is 25.5 Å². The minimum Gasteiger partial charge on any atom is -0.380 e. The second kappa shape index (κ2) is 5.23. The number of likely N-dealkylation sites (tertiary alicyclic amines) is 1. The molecule has 2 fully saturated rings. The Bertz CT molecular complexity index is 576. The number of carbonyl (C=O) groups is 1. The van der Waals surface area contributed by atoms with Crippen LogP contribution in [-0.2, 0) is 4.79 Å². The van der Waals surface area contributed by atoms with Crippen LogP contribution in [-0.4, -0.2) is 40.8 Å². The number of alkyl halides is 3. The summed E-state index contributed by atoms with van der Waals surface area (Å²) >= 11 is 1.67. The summed E-state index contributed by atoms with van der Waals surface area (Å²) in [5.41, 5.74) is -2.64. The van der Waals surface area contributed by atoms with Crippen LogP contribution in [0.4, 0.5) is 13.2 Å². The molecule has 1 saturated carbocycles. The first kappa shape index (κ1) is 15.8. The predicted molar refractivity (Wildman–Crippen MR) is 76.7 cm³/mol. The minimum absolute atomic E-state index is 0.0263. The van der Waals surface area contributed by atoms with E-state index in [1.54, 1.807) is 11.3 Å². The molecule has 2 unspecified atom stereocenters. The highest BCUT2D eigenvalue weighted by molar-refractivity contribution is 7.12. The number of halogens is 3. The van der Waals surface area contributed by atoms with E-state index in [1.165, 1.54) is 14.7 Å². The molecular formula is C15H18F3NO2S. The zero-order valence-corrected chi connectivity index (χ0v) is 13.0. The van der Waals surface area contributed by atoms with Crippen molar-refractivity contribution in [3.8, 4) is 0 Å². The Hall–Kier alpha value is -1.08. The van der Waals surface area contributed by atoms with Crippen LogP contribution in [0.2, 0.25) is 0 Å². The Labute approximate surface area is 130 Å². The van der Waals surface area contributed by atoms with Gasteiger partial charge in [0.05, 0.1) is 0 Å². The minimum atomic E-state index is -4.63. The summed E-state index contributed by atoms with van der Waals surface area (Å²) in [6.45, 7) is 1.96. The molecule has 1 aromatic rings. The Balaban J connectivity index is 1.58. The van der Waals surface area contributed by atoms with Gasteiger partial charge in [0.25, 0.3) is 0 Å². The van der Waals surface area contributed by atoms with E-state index in [9.17, 15) is 23.1 Å². The largest absolute Gasteiger partial charge is 0.417 e. The molecular weight excluding hydrogens is 315 g/mol. The van der Waals surface area contributed by atoms with Gasteiger partial charge in [-0.15, -0.1) is 11.3 Å². The molecule has 0 spiro atoms. The molecule has 1 aromatic heterocycles. The third kappa shape index (κ3) is 2.76. The molecule has 1 amide bonds.